The largest absolute Gasteiger partial charge is 0.508 e. The Balaban J connectivity index is 1.58. The van der Waals surface area contributed by atoms with E-state index in [1.165, 1.54) is 19.1 Å². The lowest BCUT2D eigenvalue weighted by Gasteiger charge is -2.19. The third-order valence-corrected chi connectivity index (χ3v) is 4.91. The molecule has 1 unspecified atom stereocenters. The smallest absolute Gasteiger partial charge is 0.295 e. The van der Waals surface area contributed by atoms with Gasteiger partial charge in [0.25, 0.3) is 5.91 Å². The fraction of sp³-hybridized carbons (Fsp3) is 0.261. The van der Waals surface area contributed by atoms with Gasteiger partial charge < -0.3 is 31.3 Å². The summed E-state index contributed by atoms with van der Waals surface area (Å²) in [5, 5.41) is 15.1. The highest BCUT2D eigenvalue weighted by molar-refractivity contribution is 5.90. The Morgan fingerprint density at radius 2 is 1.85 bits per heavy atom. The first kappa shape index (κ1) is 23.6. The van der Waals surface area contributed by atoms with Crippen LogP contribution in [0, 0.1) is 0 Å². The van der Waals surface area contributed by atoms with Crippen molar-refractivity contribution in [3.8, 4) is 11.5 Å². The number of hydrogen-bond donors (Lipinski definition) is 6. The molecule has 0 aliphatic carbocycles. The first-order valence-corrected chi connectivity index (χ1v) is 10.5. The molecule has 1 atom stereocenters. The van der Waals surface area contributed by atoms with Crippen LogP contribution in [-0.4, -0.2) is 40.5 Å². The number of hydrogen-bond acceptors (Lipinski definition) is 6. The number of nitrogens with one attached hydrogen (secondary N) is 4. The number of aromatic hydroxyl groups is 1. The number of H-pyrrole nitrogens is 1. The maximum atomic E-state index is 12.6. The summed E-state index contributed by atoms with van der Waals surface area (Å²) in [4.78, 5) is 44.9. The van der Waals surface area contributed by atoms with Crippen LogP contribution in [0.25, 0.3) is 10.9 Å². The highest BCUT2D eigenvalue weighted by atomic mass is 16.7. The molecule has 0 spiro atoms. The average Bonchev–Trinajstić information content (AvgIpc) is 3.18. The lowest BCUT2D eigenvalue weighted by Crippen LogP contribution is -2.56. The number of carbonyl (C=O) groups excluding carboxylic acids is 3. The third-order valence-electron chi connectivity index (χ3n) is 4.91. The van der Waals surface area contributed by atoms with Crippen LogP contribution in [0.1, 0.15) is 24.5 Å². The number of rotatable bonds is 10. The van der Waals surface area contributed by atoms with E-state index < -0.39 is 23.9 Å². The number of phenolic OH excluding ortho intramolecular Hbond substituents is 1. The Labute approximate surface area is 190 Å². The molecule has 0 saturated heterocycles. The Hall–Kier alpha value is -4.05. The second-order valence-corrected chi connectivity index (χ2v) is 7.50. The molecule has 0 bridgehead atoms. The molecule has 0 aliphatic rings. The molecule has 3 amide bonds. The van der Waals surface area contributed by atoms with Crippen LogP contribution in [0.15, 0.2) is 48.7 Å². The van der Waals surface area contributed by atoms with E-state index in [1.807, 2.05) is 12.3 Å². The monoisotopic (exact) mass is 453 g/mol. The molecule has 2 aromatic carbocycles. The molecule has 174 valence electrons. The van der Waals surface area contributed by atoms with Crippen LogP contribution in [-0.2, 0) is 27.2 Å². The lowest BCUT2D eigenvalue weighted by molar-refractivity contribution is -0.136. The van der Waals surface area contributed by atoms with Gasteiger partial charge in [-0.05, 0) is 60.8 Å². The van der Waals surface area contributed by atoms with Gasteiger partial charge in [0.1, 0.15) is 5.75 Å². The molecule has 0 saturated carbocycles. The van der Waals surface area contributed by atoms with Crippen molar-refractivity contribution < 1.29 is 24.3 Å². The first-order valence-electron chi connectivity index (χ1n) is 10.5. The van der Waals surface area contributed by atoms with Crippen LogP contribution >= 0.6 is 0 Å². The predicted octanol–water partition coefficient (Wildman–Crippen LogP) is 0.996. The summed E-state index contributed by atoms with van der Waals surface area (Å²) in [6.45, 7) is 1.74. The van der Waals surface area contributed by atoms with Crippen LogP contribution in [0.4, 0.5) is 0 Å². The van der Waals surface area contributed by atoms with Gasteiger partial charge in [0, 0.05) is 30.4 Å². The van der Waals surface area contributed by atoms with Gasteiger partial charge in [0.15, 0.2) is 11.9 Å². The van der Waals surface area contributed by atoms with Crippen LogP contribution in [0.5, 0.6) is 11.5 Å². The van der Waals surface area contributed by atoms with Crippen molar-refractivity contribution in [3.05, 3.63) is 59.8 Å². The number of amides is 3. The van der Waals surface area contributed by atoms with Gasteiger partial charge in [-0.15, -0.1) is 0 Å². The van der Waals surface area contributed by atoms with Crippen molar-refractivity contribution in [2.75, 3.05) is 6.54 Å². The van der Waals surface area contributed by atoms with Crippen molar-refractivity contribution >= 4 is 28.6 Å². The van der Waals surface area contributed by atoms with Gasteiger partial charge in [-0.3, -0.25) is 14.4 Å². The number of aromatic amines is 1. The van der Waals surface area contributed by atoms with E-state index in [2.05, 4.69) is 21.1 Å². The molecule has 1 aromatic heterocycles. The van der Waals surface area contributed by atoms with Crippen LogP contribution in [0.3, 0.4) is 0 Å². The topological polar surface area (TPSA) is 159 Å². The summed E-state index contributed by atoms with van der Waals surface area (Å²) in [7, 11) is 0. The standard InChI is InChI=1S/C23H27N5O5/c1-14(29)26-22(27-21(31)9-4-15-2-5-17(30)6-3-15)23(32)28-33-18-7-8-20-19(12-18)16(10-11-24)13-25-20/h2-3,5-8,12-13,22,25,30H,4,9-11,24H2,1H3,(H,26,29)(H,27,31)(H,28,32). The second-order valence-electron chi connectivity index (χ2n) is 7.50. The molecule has 7 N–H and O–H groups in total. The Kier molecular flexibility index (Phi) is 7.87. The number of phenols is 1. The summed E-state index contributed by atoms with van der Waals surface area (Å²) in [6, 6.07) is 11.7. The zero-order valence-electron chi connectivity index (χ0n) is 18.2. The number of benzene rings is 2. The van der Waals surface area contributed by atoms with Gasteiger partial charge in [-0.1, -0.05) is 12.1 Å². The van der Waals surface area contributed by atoms with Gasteiger partial charge >= 0.3 is 0 Å². The summed E-state index contributed by atoms with van der Waals surface area (Å²) in [5.41, 5.74) is 10.7. The minimum Gasteiger partial charge on any atom is -0.508 e. The molecule has 3 aromatic rings. The summed E-state index contributed by atoms with van der Waals surface area (Å²) in [6.07, 6.45) is 1.75. The first-order chi connectivity index (χ1) is 15.9. The predicted molar refractivity (Wildman–Crippen MR) is 122 cm³/mol. The molecule has 10 nitrogen and oxygen atoms in total. The lowest BCUT2D eigenvalue weighted by atomic mass is 10.1. The van der Waals surface area contributed by atoms with E-state index in [-0.39, 0.29) is 12.2 Å². The van der Waals surface area contributed by atoms with Crippen LogP contribution < -0.4 is 26.7 Å². The molecular formula is C23H27N5O5. The van der Waals surface area contributed by atoms with E-state index >= 15 is 0 Å². The molecule has 0 radical (unpaired) electrons. The zero-order valence-corrected chi connectivity index (χ0v) is 18.2. The van der Waals surface area contributed by atoms with Gasteiger partial charge in [0.05, 0.1) is 0 Å². The second kappa shape index (κ2) is 11.0. The van der Waals surface area contributed by atoms with Gasteiger partial charge in [-0.2, -0.15) is 5.48 Å². The quantitative estimate of drug-likeness (QED) is 0.198. The van der Waals surface area contributed by atoms with E-state index in [0.717, 1.165) is 22.0 Å². The van der Waals surface area contributed by atoms with E-state index in [4.69, 9.17) is 10.6 Å². The normalized spacial score (nSPS) is 11.6. The van der Waals surface area contributed by atoms with Crippen LogP contribution in [0.2, 0.25) is 0 Å². The minimum atomic E-state index is -1.31. The fourth-order valence-electron chi connectivity index (χ4n) is 3.28. The maximum absolute atomic E-state index is 12.6. The molecule has 0 fully saturated rings. The minimum absolute atomic E-state index is 0.0864. The molecule has 1 heterocycles. The molecule has 0 aliphatic heterocycles. The number of hydroxylamine groups is 1. The van der Waals surface area contributed by atoms with Crippen molar-refractivity contribution in [1.29, 1.82) is 0 Å². The van der Waals surface area contributed by atoms with Gasteiger partial charge in [-0.25, -0.2) is 0 Å². The number of fused-ring (bicyclic) bond motifs is 1. The van der Waals surface area contributed by atoms with Gasteiger partial charge in [0.2, 0.25) is 11.8 Å². The summed E-state index contributed by atoms with van der Waals surface area (Å²) < 4.78 is 0. The molecule has 3 rings (SSSR count). The Bertz CT molecular complexity index is 1130. The molecule has 33 heavy (non-hydrogen) atoms. The highest BCUT2D eigenvalue weighted by Gasteiger charge is 2.22. The maximum Gasteiger partial charge on any atom is 0.295 e. The number of nitrogens with two attached hydrogens (primary N) is 1. The Morgan fingerprint density at radius 3 is 2.55 bits per heavy atom. The number of aromatic nitrogens is 1. The molecular weight excluding hydrogens is 426 g/mol. The van der Waals surface area contributed by atoms with Crippen molar-refractivity contribution in [1.82, 2.24) is 21.1 Å². The summed E-state index contributed by atoms with van der Waals surface area (Å²) >= 11 is 0. The van der Waals surface area contributed by atoms with E-state index in [9.17, 15) is 19.5 Å². The zero-order chi connectivity index (χ0) is 23.8. The Morgan fingerprint density at radius 1 is 1.09 bits per heavy atom. The van der Waals surface area contributed by atoms with E-state index in [0.29, 0.717) is 25.1 Å². The number of carbonyl (C=O) groups is 3. The van der Waals surface area contributed by atoms with E-state index in [1.54, 1.807) is 24.3 Å². The number of aryl methyl sites for hydroxylation is 1. The molecule has 10 heteroatoms. The van der Waals surface area contributed by atoms with Crippen molar-refractivity contribution in [3.63, 3.8) is 0 Å². The fourth-order valence-corrected chi connectivity index (χ4v) is 3.28. The SMILES string of the molecule is CC(=O)NC(NC(=O)CCc1ccc(O)cc1)C(=O)NOc1ccc2[nH]cc(CCN)c2c1. The van der Waals surface area contributed by atoms with Crippen molar-refractivity contribution in [2.24, 2.45) is 5.73 Å². The van der Waals surface area contributed by atoms with Crippen molar-refractivity contribution in [2.45, 2.75) is 32.4 Å². The summed E-state index contributed by atoms with van der Waals surface area (Å²) in [5.74, 6) is -1.14. The average molecular weight is 453 g/mol. The third kappa shape index (κ3) is 6.71. The highest BCUT2D eigenvalue weighted by Crippen LogP contribution is 2.23.